The fourth-order valence-corrected chi connectivity index (χ4v) is 1.38. The second-order valence-electron chi connectivity index (χ2n) is 3.84. The Morgan fingerprint density at radius 1 is 1.39 bits per heavy atom. The van der Waals surface area contributed by atoms with Crippen LogP contribution in [0, 0.1) is 11.6 Å². The number of amides is 1. The Labute approximate surface area is 102 Å². The lowest BCUT2D eigenvalue weighted by molar-refractivity contribution is -0.119. The molecular weight excluding hydrogens is 246 g/mol. The van der Waals surface area contributed by atoms with Crippen molar-refractivity contribution in [1.29, 1.82) is 0 Å². The second-order valence-corrected chi connectivity index (χ2v) is 3.84. The summed E-state index contributed by atoms with van der Waals surface area (Å²) in [6.07, 6.45) is -3.03. The molecule has 0 aliphatic carbocycles. The van der Waals surface area contributed by atoms with Crippen molar-refractivity contribution in [2.75, 3.05) is 12.3 Å². The van der Waals surface area contributed by atoms with Crippen LogP contribution in [-0.2, 0) is 4.79 Å². The summed E-state index contributed by atoms with van der Waals surface area (Å²) in [4.78, 5) is 10.6. The highest BCUT2D eigenvalue weighted by Gasteiger charge is 2.23. The van der Waals surface area contributed by atoms with Crippen LogP contribution in [0.15, 0.2) is 12.1 Å². The van der Waals surface area contributed by atoms with E-state index in [4.69, 9.17) is 5.73 Å². The van der Waals surface area contributed by atoms with Gasteiger partial charge in [0.1, 0.15) is 23.8 Å². The SMILES string of the molecule is CC(=O)NCC(O)C(O)c1cc(N)c(F)cc1F. The number of aliphatic hydroxyl groups excluding tert-OH is 2. The minimum atomic E-state index is -1.61. The van der Waals surface area contributed by atoms with E-state index >= 15 is 0 Å². The number of carbonyl (C=O) groups excluding carboxylic acids is 1. The second kappa shape index (κ2) is 5.74. The number of anilines is 1. The molecular formula is C11H14F2N2O3. The molecule has 2 atom stereocenters. The Morgan fingerprint density at radius 2 is 2.00 bits per heavy atom. The Morgan fingerprint density at radius 3 is 2.56 bits per heavy atom. The highest BCUT2D eigenvalue weighted by molar-refractivity contribution is 5.72. The van der Waals surface area contributed by atoms with Crippen LogP contribution in [0.25, 0.3) is 0 Å². The highest BCUT2D eigenvalue weighted by atomic mass is 19.1. The molecule has 0 aliphatic heterocycles. The van der Waals surface area contributed by atoms with E-state index < -0.39 is 29.7 Å². The fourth-order valence-electron chi connectivity index (χ4n) is 1.38. The maximum Gasteiger partial charge on any atom is 0.216 e. The topological polar surface area (TPSA) is 95.6 Å². The van der Waals surface area contributed by atoms with Crippen LogP contribution < -0.4 is 11.1 Å². The highest BCUT2D eigenvalue weighted by Crippen LogP contribution is 2.24. The maximum atomic E-state index is 13.4. The van der Waals surface area contributed by atoms with Gasteiger partial charge in [-0.2, -0.15) is 0 Å². The van der Waals surface area contributed by atoms with Crippen LogP contribution in [0.2, 0.25) is 0 Å². The third-order valence-corrected chi connectivity index (χ3v) is 2.36. The van der Waals surface area contributed by atoms with Gasteiger partial charge in [-0.3, -0.25) is 4.79 Å². The van der Waals surface area contributed by atoms with Crippen molar-refractivity contribution in [2.45, 2.75) is 19.1 Å². The molecule has 1 amide bonds. The van der Waals surface area contributed by atoms with Gasteiger partial charge in [0.2, 0.25) is 5.91 Å². The molecule has 0 heterocycles. The van der Waals surface area contributed by atoms with Crippen LogP contribution >= 0.6 is 0 Å². The minimum absolute atomic E-state index is 0.257. The average Bonchev–Trinajstić information content (AvgIpc) is 2.29. The van der Waals surface area contributed by atoms with Crippen molar-refractivity contribution in [1.82, 2.24) is 5.32 Å². The number of hydrogen-bond donors (Lipinski definition) is 4. The first-order valence-electron chi connectivity index (χ1n) is 5.18. The summed E-state index contributed by atoms with van der Waals surface area (Å²) < 4.78 is 26.3. The molecule has 0 spiro atoms. The number of halogens is 2. The van der Waals surface area contributed by atoms with Crippen molar-refractivity contribution in [3.05, 3.63) is 29.3 Å². The van der Waals surface area contributed by atoms with Gasteiger partial charge in [0.15, 0.2) is 0 Å². The molecule has 0 saturated carbocycles. The van der Waals surface area contributed by atoms with Crippen molar-refractivity contribution in [2.24, 2.45) is 0 Å². The van der Waals surface area contributed by atoms with Gasteiger partial charge in [0, 0.05) is 25.1 Å². The largest absolute Gasteiger partial charge is 0.396 e. The van der Waals surface area contributed by atoms with E-state index in [1.165, 1.54) is 6.92 Å². The van der Waals surface area contributed by atoms with Gasteiger partial charge in [-0.05, 0) is 6.07 Å². The third kappa shape index (κ3) is 3.38. The predicted molar refractivity (Wildman–Crippen MR) is 60.4 cm³/mol. The van der Waals surface area contributed by atoms with E-state index in [1.54, 1.807) is 0 Å². The number of nitrogen functional groups attached to an aromatic ring is 1. The first kappa shape index (κ1) is 14.3. The summed E-state index contributed by atoms with van der Waals surface area (Å²) in [5.41, 5.74) is 4.58. The van der Waals surface area contributed by atoms with Crippen LogP contribution in [0.5, 0.6) is 0 Å². The number of nitrogens with one attached hydrogen (secondary N) is 1. The molecule has 0 radical (unpaired) electrons. The van der Waals surface area contributed by atoms with Gasteiger partial charge >= 0.3 is 0 Å². The average molecular weight is 260 g/mol. The molecule has 1 aromatic carbocycles. The summed E-state index contributed by atoms with van der Waals surface area (Å²) in [5, 5.41) is 21.5. The number of hydrogen-bond acceptors (Lipinski definition) is 4. The number of rotatable bonds is 4. The van der Waals surface area contributed by atoms with E-state index in [9.17, 15) is 23.8 Å². The molecule has 5 nitrogen and oxygen atoms in total. The monoisotopic (exact) mass is 260 g/mol. The molecule has 0 fully saturated rings. The van der Waals surface area contributed by atoms with Gasteiger partial charge < -0.3 is 21.3 Å². The number of benzene rings is 1. The summed E-state index contributed by atoms with van der Waals surface area (Å²) in [5.74, 6) is -2.36. The third-order valence-electron chi connectivity index (χ3n) is 2.36. The molecule has 1 aromatic rings. The van der Waals surface area contributed by atoms with Crippen molar-refractivity contribution < 1.29 is 23.8 Å². The quantitative estimate of drug-likeness (QED) is 0.576. The Hall–Kier alpha value is -1.73. The lowest BCUT2D eigenvalue weighted by Crippen LogP contribution is -2.34. The fraction of sp³-hybridized carbons (Fsp3) is 0.364. The van der Waals surface area contributed by atoms with Gasteiger partial charge in [0.25, 0.3) is 0 Å². The van der Waals surface area contributed by atoms with E-state index in [-0.39, 0.29) is 17.8 Å². The molecule has 0 aromatic heterocycles. The van der Waals surface area contributed by atoms with E-state index in [0.717, 1.165) is 6.07 Å². The first-order chi connectivity index (χ1) is 8.32. The molecule has 1 rings (SSSR count). The molecule has 7 heteroatoms. The summed E-state index contributed by atoms with van der Waals surface area (Å²) >= 11 is 0. The van der Waals surface area contributed by atoms with Crippen LogP contribution in [0.3, 0.4) is 0 Å². The van der Waals surface area contributed by atoms with Crippen molar-refractivity contribution in [3.8, 4) is 0 Å². The molecule has 18 heavy (non-hydrogen) atoms. The van der Waals surface area contributed by atoms with Crippen molar-refractivity contribution >= 4 is 11.6 Å². The number of nitrogens with two attached hydrogens (primary N) is 1. The summed E-state index contributed by atoms with van der Waals surface area (Å²) in [6.45, 7) is 0.975. The zero-order valence-corrected chi connectivity index (χ0v) is 9.65. The predicted octanol–water partition coefficient (Wildman–Crippen LogP) is 0.0774. The van der Waals surface area contributed by atoms with Crippen LogP contribution in [-0.4, -0.2) is 28.8 Å². The lowest BCUT2D eigenvalue weighted by atomic mass is 10.0. The molecule has 0 saturated heterocycles. The molecule has 0 bridgehead atoms. The molecule has 0 aliphatic rings. The lowest BCUT2D eigenvalue weighted by Gasteiger charge is -2.19. The Kier molecular flexibility index (Phi) is 4.57. The van der Waals surface area contributed by atoms with Gasteiger partial charge in [-0.1, -0.05) is 0 Å². The normalized spacial score (nSPS) is 14.1. The zero-order valence-electron chi connectivity index (χ0n) is 9.65. The molecule has 100 valence electrons. The maximum absolute atomic E-state index is 13.4. The van der Waals surface area contributed by atoms with Gasteiger partial charge in [0.05, 0.1) is 5.69 Å². The summed E-state index contributed by atoms with van der Waals surface area (Å²) in [6, 6.07) is 1.44. The number of aliphatic hydroxyl groups is 2. The smallest absolute Gasteiger partial charge is 0.216 e. The zero-order chi connectivity index (χ0) is 13.9. The van der Waals surface area contributed by atoms with Gasteiger partial charge in [-0.25, -0.2) is 8.78 Å². The Balaban J connectivity index is 2.86. The van der Waals surface area contributed by atoms with E-state index in [2.05, 4.69) is 5.32 Å². The van der Waals surface area contributed by atoms with Crippen molar-refractivity contribution in [3.63, 3.8) is 0 Å². The minimum Gasteiger partial charge on any atom is -0.396 e. The van der Waals surface area contributed by atoms with Gasteiger partial charge in [-0.15, -0.1) is 0 Å². The van der Waals surface area contributed by atoms with E-state index in [1.807, 2.05) is 0 Å². The standard InChI is InChI=1S/C11H14F2N2O3/c1-5(16)15-4-10(17)11(18)6-2-9(14)8(13)3-7(6)12/h2-3,10-11,17-18H,4,14H2,1H3,(H,15,16). The van der Waals surface area contributed by atoms with E-state index in [0.29, 0.717) is 6.07 Å². The number of carbonyl (C=O) groups is 1. The molecule has 2 unspecified atom stereocenters. The van der Waals surface area contributed by atoms with Crippen LogP contribution in [0.1, 0.15) is 18.6 Å². The van der Waals surface area contributed by atoms with Crippen LogP contribution in [0.4, 0.5) is 14.5 Å². The first-order valence-corrected chi connectivity index (χ1v) is 5.18. The Bertz CT molecular complexity index is 454. The molecule has 5 N–H and O–H groups in total. The summed E-state index contributed by atoms with van der Waals surface area (Å²) in [7, 11) is 0.